The molecule has 2 rings (SSSR count). The van der Waals surface area contributed by atoms with Gasteiger partial charge in [0.2, 0.25) is 5.56 Å². The molecule has 0 saturated carbocycles. The smallest absolute Gasteiger partial charge is 0.251 e. The lowest BCUT2D eigenvalue weighted by Gasteiger charge is -2.05. The van der Waals surface area contributed by atoms with E-state index >= 15 is 0 Å². The molecule has 0 atom stereocenters. The largest absolute Gasteiger partial charge is 0.352 e. The van der Waals surface area contributed by atoms with Crippen molar-refractivity contribution in [2.24, 2.45) is 0 Å². The number of thiazole rings is 1. The molecule has 2 aromatic heterocycles. The Morgan fingerprint density at radius 1 is 1.43 bits per heavy atom. The average molecular weight is 305 g/mol. The van der Waals surface area contributed by atoms with Crippen LogP contribution in [0.25, 0.3) is 0 Å². The van der Waals surface area contributed by atoms with Crippen molar-refractivity contribution in [3.8, 4) is 0 Å². The van der Waals surface area contributed by atoms with Crippen molar-refractivity contribution in [3.05, 3.63) is 49.8 Å². The maximum Gasteiger partial charge on any atom is 0.251 e. The van der Waals surface area contributed by atoms with Gasteiger partial charge < -0.3 is 10.3 Å². The van der Waals surface area contributed by atoms with Crippen LogP contribution in [0.15, 0.2) is 22.3 Å². The zero-order valence-electron chi connectivity index (χ0n) is 12.2. The van der Waals surface area contributed by atoms with Gasteiger partial charge in [-0.3, -0.25) is 9.59 Å². The minimum atomic E-state index is -0.238. The van der Waals surface area contributed by atoms with Gasteiger partial charge in [-0.25, -0.2) is 4.98 Å². The van der Waals surface area contributed by atoms with E-state index in [0.717, 1.165) is 29.2 Å². The van der Waals surface area contributed by atoms with Gasteiger partial charge in [-0.15, -0.1) is 11.3 Å². The Bertz CT molecular complexity index is 676. The first-order valence-electron chi connectivity index (χ1n) is 7.01. The summed E-state index contributed by atoms with van der Waals surface area (Å²) in [6, 6.07) is 3.06. The van der Waals surface area contributed by atoms with Gasteiger partial charge in [0.05, 0.1) is 5.01 Å². The summed E-state index contributed by atoms with van der Waals surface area (Å²) in [7, 11) is 0. The third-order valence-electron chi connectivity index (χ3n) is 3.06. The molecular formula is C15H19N3O2S. The number of amides is 1. The number of carbonyl (C=O) groups excluding carboxylic acids is 1. The normalized spacial score (nSPS) is 10.6. The molecule has 0 aliphatic rings. The van der Waals surface area contributed by atoms with Crippen molar-refractivity contribution in [1.29, 1.82) is 0 Å². The minimum Gasteiger partial charge on any atom is -0.352 e. The highest BCUT2D eigenvalue weighted by atomic mass is 32.1. The maximum atomic E-state index is 12.0. The molecule has 1 amide bonds. The highest BCUT2D eigenvalue weighted by Crippen LogP contribution is 2.10. The summed E-state index contributed by atoms with van der Waals surface area (Å²) in [5.41, 5.74) is 1.99. The molecule has 0 radical (unpaired) electrons. The molecule has 0 unspecified atom stereocenters. The van der Waals surface area contributed by atoms with E-state index in [1.165, 1.54) is 6.07 Å². The zero-order chi connectivity index (χ0) is 15.2. The lowest BCUT2D eigenvalue weighted by Crippen LogP contribution is -2.26. The van der Waals surface area contributed by atoms with Gasteiger partial charge in [0.15, 0.2) is 0 Å². The number of pyridine rings is 1. The number of nitrogens with one attached hydrogen (secondary N) is 2. The Morgan fingerprint density at radius 2 is 2.24 bits per heavy atom. The number of hydrogen-bond donors (Lipinski definition) is 2. The van der Waals surface area contributed by atoms with Crippen LogP contribution in [-0.4, -0.2) is 22.4 Å². The number of aromatic amines is 1. The first-order chi connectivity index (χ1) is 10.1. The summed E-state index contributed by atoms with van der Waals surface area (Å²) < 4.78 is 0. The molecule has 0 saturated heterocycles. The lowest BCUT2D eigenvalue weighted by molar-refractivity contribution is 0.0953. The van der Waals surface area contributed by atoms with E-state index in [1.807, 2.05) is 19.2 Å². The predicted octanol–water partition coefficient (Wildman–Crippen LogP) is 2.06. The average Bonchev–Trinajstić information content (AvgIpc) is 2.88. The van der Waals surface area contributed by atoms with E-state index in [1.54, 1.807) is 17.4 Å². The van der Waals surface area contributed by atoms with Crippen LogP contribution in [0.3, 0.4) is 0 Å². The standard InChI is InChI=1S/C15H19N3O2S/c1-3-12-7-11(8-13(19)18-12)15(20)16-6-4-5-14-17-10(2)9-21-14/h7-9H,3-6H2,1-2H3,(H,16,20)(H,18,19). The summed E-state index contributed by atoms with van der Waals surface area (Å²) in [4.78, 5) is 30.5. The van der Waals surface area contributed by atoms with Crippen LogP contribution in [0.2, 0.25) is 0 Å². The number of rotatable bonds is 6. The van der Waals surface area contributed by atoms with E-state index in [0.29, 0.717) is 18.5 Å². The highest BCUT2D eigenvalue weighted by Gasteiger charge is 2.07. The summed E-state index contributed by atoms with van der Waals surface area (Å²) in [5.74, 6) is -0.203. The van der Waals surface area contributed by atoms with Crippen LogP contribution in [0.4, 0.5) is 0 Å². The molecule has 0 aliphatic heterocycles. The van der Waals surface area contributed by atoms with Crippen LogP contribution in [0.1, 0.15) is 40.1 Å². The number of nitrogens with zero attached hydrogens (tertiary/aromatic N) is 1. The van der Waals surface area contributed by atoms with Gasteiger partial charge in [-0.05, 0) is 25.8 Å². The second-order valence-electron chi connectivity index (χ2n) is 4.85. The van der Waals surface area contributed by atoms with E-state index in [-0.39, 0.29) is 11.5 Å². The molecule has 0 fully saturated rings. The molecule has 6 heteroatoms. The summed E-state index contributed by atoms with van der Waals surface area (Å²) >= 11 is 1.64. The number of aryl methyl sites for hydroxylation is 3. The third kappa shape index (κ3) is 4.53. The van der Waals surface area contributed by atoms with Crippen LogP contribution < -0.4 is 10.9 Å². The Morgan fingerprint density at radius 3 is 2.90 bits per heavy atom. The number of hydrogen-bond acceptors (Lipinski definition) is 4. The van der Waals surface area contributed by atoms with Crippen LogP contribution in [-0.2, 0) is 12.8 Å². The molecular weight excluding hydrogens is 286 g/mol. The topological polar surface area (TPSA) is 74.8 Å². The second-order valence-corrected chi connectivity index (χ2v) is 5.80. The SMILES string of the molecule is CCc1cc(C(=O)NCCCc2nc(C)cs2)cc(=O)[nH]1. The van der Waals surface area contributed by atoms with Crippen molar-refractivity contribution in [2.75, 3.05) is 6.54 Å². The molecule has 0 aliphatic carbocycles. The first kappa shape index (κ1) is 15.4. The van der Waals surface area contributed by atoms with E-state index in [9.17, 15) is 9.59 Å². The highest BCUT2D eigenvalue weighted by molar-refractivity contribution is 7.09. The van der Waals surface area contributed by atoms with E-state index in [4.69, 9.17) is 0 Å². The van der Waals surface area contributed by atoms with E-state index in [2.05, 4.69) is 15.3 Å². The Kier molecular flexibility index (Phi) is 5.27. The molecule has 2 heterocycles. The number of aromatic nitrogens is 2. The van der Waals surface area contributed by atoms with Crippen LogP contribution >= 0.6 is 11.3 Å². The summed E-state index contributed by atoms with van der Waals surface area (Å²) in [5, 5.41) is 5.95. The van der Waals surface area contributed by atoms with Gasteiger partial charge in [0.25, 0.3) is 5.91 Å². The van der Waals surface area contributed by atoms with Gasteiger partial charge in [0, 0.05) is 41.4 Å². The fourth-order valence-corrected chi connectivity index (χ4v) is 2.80. The quantitative estimate of drug-likeness (QED) is 0.802. The Hall–Kier alpha value is -1.95. The molecule has 0 aromatic carbocycles. The van der Waals surface area contributed by atoms with E-state index < -0.39 is 0 Å². The minimum absolute atomic E-state index is 0.203. The number of carbonyl (C=O) groups is 1. The third-order valence-corrected chi connectivity index (χ3v) is 4.09. The van der Waals surface area contributed by atoms with Gasteiger partial charge in [-0.2, -0.15) is 0 Å². The van der Waals surface area contributed by atoms with Crippen molar-refractivity contribution in [3.63, 3.8) is 0 Å². The number of H-pyrrole nitrogens is 1. The monoisotopic (exact) mass is 305 g/mol. The summed E-state index contributed by atoms with van der Waals surface area (Å²) in [6.07, 6.45) is 2.39. The van der Waals surface area contributed by atoms with Crippen molar-refractivity contribution >= 4 is 17.2 Å². The van der Waals surface area contributed by atoms with Crippen molar-refractivity contribution < 1.29 is 4.79 Å². The second kappa shape index (κ2) is 7.17. The summed E-state index contributed by atoms with van der Waals surface area (Å²) in [6.45, 7) is 4.48. The molecule has 2 N–H and O–H groups in total. The maximum absolute atomic E-state index is 12.0. The fraction of sp³-hybridized carbons (Fsp3) is 0.400. The molecule has 2 aromatic rings. The van der Waals surface area contributed by atoms with Gasteiger partial charge in [0.1, 0.15) is 0 Å². The Balaban J connectivity index is 1.84. The molecule has 21 heavy (non-hydrogen) atoms. The molecule has 0 spiro atoms. The zero-order valence-corrected chi connectivity index (χ0v) is 13.0. The van der Waals surface area contributed by atoms with Crippen LogP contribution in [0.5, 0.6) is 0 Å². The van der Waals surface area contributed by atoms with Crippen LogP contribution in [0, 0.1) is 6.92 Å². The van der Waals surface area contributed by atoms with Gasteiger partial charge >= 0.3 is 0 Å². The fourth-order valence-electron chi connectivity index (χ4n) is 1.98. The predicted molar refractivity (Wildman–Crippen MR) is 83.9 cm³/mol. The molecule has 5 nitrogen and oxygen atoms in total. The first-order valence-corrected chi connectivity index (χ1v) is 7.89. The Labute approximate surface area is 127 Å². The lowest BCUT2D eigenvalue weighted by atomic mass is 10.2. The van der Waals surface area contributed by atoms with Gasteiger partial charge in [-0.1, -0.05) is 6.92 Å². The molecule has 112 valence electrons. The van der Waals surface area contributed by atoms with Crippen molar-refractivity contribution in [2.45, 2.75) is 33.1 Å². The van der Waals surface area contributed by atoms with Crippen molar-refractivity contribution in [1.82, 2.24) is 15.3 Å². The molecule has 0 bridgehead atoms.